The fraction of sp³-hybridized carbons (Fsp3) is 0.211. The van der Waals surface area contributed by atoms with E-state index in [9.17, 15) is 25.1 Å². The number of aromatic amines is 1. The van der Waals surface area contributed by atoms with Gasteiger partial charge in [-0.25, -0.2) is 0 Å². The second kappa shape index (κ2) is 6.10. The van der Waals surface area contributed by atoms with Crippen molar-refractivity contribution >= 4 is 22.6 Å². The molecule has 0 radical (unpaired) electrons. The largest absolute Gasteiger partial charge is 0.872 e. The van der Waals surface area contributed by atoms with Crippen LogP contribution in [0.5, 0.6) is 5.75 Å². The molecule has 1 aromatic heterocycles. The van der Waals surface area contributed by atoms with Crippen molar-refractivity contribution in [1.82, 2.24) is 4.98 Å². The predicted octanol–water partition coefficient (Wildman–Crippen LogP) is -0.214. The molecule has 138 valence electrons. The summed E-state index contributed by atoms with van der Waals surface area (Å²) in [6.07, 6.45) is 0.250. The number of para-hydroxylation sites is 1. The third kappa shape index (κ3) is 2.70. The molecule has 2 heterocycles. The van der Waals surface area contributed by atoms with Crippen LogP contribution < -0.4 is 15.5 Å². The third-order valence-corrected chi connectivity index (χ3v) is 5.14. The minimum absolute atomic E-state index is 0.191. The number of quaternary nitrogens is 1. The molecule has 1 aliphatic heterocycles. The number of nitro benzene ring substituents is 1. The number of nitrogens with two attached hydrogens (primary N) is 1. The first-order valence-corrected chi connectivity index (χ1v) is 8.48. The summed E-state index contributed by atoms with van der Waals surface area (Å²) in [5.41, 5.74) is 2.58. The quantitative estimate of drug-likeness (QED) is 0.487. The maximum Gasteiger partial charge on any atom is 0.270 e. The molecule has 4 rings (SSSR count). The fourth-order valence-electron chi connectivity index (χ4n) is 3.86. The lowest BCUT2D eigenvalue weighted by atomic mass is 9.89. The van der Waals surface area contributed by atoms with Crippen LogP contribution in [0.3, 0.4) is 0 Å². The molecular weight excluding hydrogens is 350 g/mol. The van der Waals surface area contributed by atoms with E-state index in [2.05, 4.69) is 4.98 Å². The Hall–Kier alpha value is -3.39. The van der Waals surface area contributed by atoms with Gasteiger partial charge in [0.1, 0.15) is 6.04 Å². The first-order valence-electron chi connectivity index (χ1n) is 8.48. The van der Waals surface area contributed by atoms with Crippen molar-refractivity contribution in [2.24, 2.45) is 0 Å². The molecule has 0 saturated carbocycles. The highest BCUT2D eigenvalue weighted by Crippen LogP contribution is 2.36. The fourth-order valence-corrected chi connectivity index (χ4v) is 3.86. The van der Waals surface area contributed by atoms with Crippen LogP contribution in [-0.4, -0.2) is 21.9 Å². The number of carboxylic acids is 1. The van der Waals surface area contributed by atoms with E-state index < -0.39 is 23.0 Å². The zero-order valence-corrected chi connectivity index (χ0v) is 14.4. The maximum absolute atomic E-state index is 12.7. The maximum atomic E-state index is 12.7. The van der Waals surface area contributed by atoms with Gasteiger partial charge < -0.3 is 25.3 Å². The van der Waals surface area contributed by atoms with E-state index in [0.29, 0.717) is 5.69 Å². The Bertz CT molecular complexity index is 1090. The highest BCUT2D eigenvalue weighted by atomic mass is 16.6. The van der Waals surface area contributed by atoms with Crippen LogP contribution in [0.4, 0.5) is 5.69 Å². The third-order valence-electron chi connectivity index (χ3n) is 5.14. The van der Waals surface area contributed by atoms with E-state index in [1.165, 1.54) is 24.4 Å². The zero-order valence-electron chi connectivity index (χ0n) is 14.4. The van der Waals surface area contributed by atoms with Crippen LogP contribution in [0, 0.1) is 17.0 Å². The second-order valence-corrected chi connectivity index (χ2v) is 6.80. The summed E-state index contributed by atoms with van der Waals surface area (Å²) >= 11 is 0. The van der Waals surface area contributed by atoms with Gasteiger partial charge in [-0.3, -0.25) is 10.1 Å². The van der Waals surface area contributed by atoms with Crippen LogP contribution >= 0.6 is 0 Å². The van der Waals surface area contributed by atoms with Crippen molar-refractivity contribution in [2.75, 3.05) is 0 Å². The summed E-state index contributed by atoms with van der Waals surface area (Å²) in [6.45, 7) is 1.52. The first-order chi connectivity index (χ1) is 12.9. The summed E-state index contributed by atoms with van der Waals surface area (Å²) in [5, 5.41) is 38.0. The molecule has 8 heteroatoms. The Kier molecular flexibility index (Phi) is 3.85. The summed E-state index contributed by atoms with van der Waals surface area (Å²) in [5.74, 6) is -1.56. The second-order valence-electron chi connectivity index (χ2n) is 6.80. The van der Waals surface area contributed by atoms with Gasteiger partial charge in [-0.1, -0.05) is 29.5 Å². The van der Waals surface area contributed by atoms with Gasteiger partial charge in [0.15, 0.2) is 6.04 Å². The number of nitrogens with one attached hydrogen (secondary N) is 1. The van der Waals surface area contributed by atoms with Gasteiger partial charge in [-0.15, -0.1) is 0 Å². The molecule has 27 heavy (non-hydrogen) atoms. The molecule has 2 atom stereocenters. The number of nitro groups is 1. The predicted molar refractivity (Wildman–Crippen MR) is 91.8 cm³/mol. The highest BCUT2D eigenvalue weighted by Gasteiger charge is 2.35. The zero-order chi connectivity index (χ0) is 19.3. The highest BCUT2D eigenvalue weighted by molar-refractivity contribution is 5.86. The molecule has 0 unspecified atom stereocenters. The molecule has 8 nitrogen and oxygen atoms in total. The van der Waals surface area contributed by atoms with Crippen molar-refractivity contribution in [3.8, 4) is 5.75 Å². The van der Waals surface area contributed by atoms with Crippen LogP contribution in [0.25, 0.3) is 10.9 Å². The van der Waals surface area contributed by atoms with Crippen molar-refractivity contribution in [1.29, 1.82) is 0 Å². The number of aromatic nitrogens is 1. The number of fused-ring (bicyclic) bond motifs is 3. The molecule has 3 aromatic rings. The van der Waals surface area contributed by atoms with Crippen LogP contribution in [0.15, 0.2) is 36.4 Å². The summed E-state index contributed by atoms with van der Waals surface area (Å²) in [6, 6.07) is 8.37. The number of aliphatic carboxylic acids is 1. The lowest BCUT2D eigenvalue weighted by Crippen LogP contribution is -2.95. The molecule has 1 aliphatic rings. The van der Waals surface area contributed by atoms with Gasteiger partial charge in [-0.2, -0.15) is 0 Å². The normalized spacial score (nSPS) is 19.0. The minimum Gasteiger partial charge on any atom is -0.872 e. The number of carboxylic acid groups (broad SMARTS) is 1. The molecule has 0 fully saturated rings. The molecule has 0 bridgehead atoms. The number of carbonyl (C=O) groups is 1. The SMILES string of the molecule is Cc1cc([N+](=O)[O-])cc([C@H]2[NH2+][C@H](C(=O)[O-])Cc3c2[nH]c2ccccc32)c1[O-]. The van der Waals surface area contributed by atoms with E-state index in [0.717, 1.165) is 16.5 Å². The Morgan fingerprint density at radius 3 is 2.74 bits per heavy atom. The number of hydrogen-bond acceptors (Lipinski definition) is 5. The van der Waals surface area contributed by atoms with Crippen molar-refractivity contribution in [3.63, 3.8) is 0 Å². The number of non-ortho nitro benzene ring substituents is 1. The van der Waals surface area contributed by atoms with Gasteiger partial charge in [0.25, 0.3) is 5.69 Å². The number of carbonyl (C=O) groups excluding carboxylic acids is 1. The average Bonchev–Trinajstić information content (AvgIpc) is 3.01. The number of H-pyrrole nitrogens is 1. The summed E-state index contributed by atoms with van der Waals surface area (Å²) < 4.78 is 0. The van der Waals surface area contributed by atoms with E-state index in [1.54, 1.807) is 0 Å². The van der Waals surface area contributed by atoms with Crippen LogP contribution in [0.1, 0.15) is 28.4 Å². The smallest absolute Gasteiger partial charge is 0.270 e. The Labute approximate surface area is 153 Å². The van der Waals surface area contributed by atoms with Crippen molar-refractivity contribution in [2.45, 2.75) is 25.4 Å². The lowest BCUT2D eigenvalue weighted by molar-refractivity contribution is -0.717. The average molecular weight is 366 g/mol. The molecule has 0 spiro atoms. The molecule has 3 N–H and O–H groups in total. The molecule has 2 aromatic carbocycles. The van der Waals surface area contributed by atoms with E-state index in [4.69, 9.17) is 0 Å². The van der Waals surface area contributed by atoms with Gasteiger partial charge in [0.05, 0.1) is 16.6 Å². The van der Waals surface area contributed by atoms with Crippen LogP contribution in [-0.2, 0) is 11.2 Å². The number of aryl methyl sites for hydroxylation is 1. The summed E-state index contributed by atoms with van der Waals surface area (Å²) in [4.78, 5) is 25.5. The van der Waals surface area contributed by atoms with E-state index >= 15 is 0 Å². The Morgan fingerprint density at radius 1 is 1.30 bits per heavy atom. The standard InChI is InChI=1S/C19H17N3O5/c1-9-6-10(22(26)27)7-13(18(9)23)17-16-12(8-15(21-17)19(24)25)11-4-2-3-5-14(11)20-16/h2-7,15,17,20-21,23H,8H2,1H3,(H,24,25)/p-1/t15-,17+/m0/s1. The van der Waals surface area contributed by atoms with Crippen molar-refractivity contribution < 1.29 is 25.2 Å². The van der Waals surface area contributed by atoms with E-state index in [1.807, 2.05) is 24.3 Å². The minimum atomic E-state index is -1.23. The van der Waals surface area contributed by atoms with Gasteiger partial charge >= 0.3 is 0 Å². The van der Waals surface area contributed by atoms with Gasteiger partial charge in [0.2, 0.25) is 0 Å². The van der Waals surface area contributed by atoms with E-state index in [-0.39, 0.29) is 29.0 Å². The van der Waals surface area contributed by atoms with Crippen LogP contribution in [0.2, 0.25) is 0 Å². The lowest BCUT2D eigenvalue weighted by Gasteiger charge is -2.31. The number of nitrogens with zero attached hydrogens (tertiary/aromatic N) is 1. The Morgan fingerprint density at radius 2 is 2.04 bits per heavy atom. The molecule has 0 aliphatic carbocycles. The Balaban J connectivity index is 1.96. The summed E-state index contributed by atoms with van der Waals surface area (Å²) in [7, 11) is 0. The topological polar surface area (TPSA) is 139 Å². The van der Waals surface area contributed by atoms with Crippen molar-refractivity contribution in [3.05, 3.63) is 68.9 Å². The number of benzene rings is 2. The monoisotopic (exact) mass is 366 g/mol. The molecule has 0 amide bonds. The molecular formula is C19H16N3O5-. The first kappa shape index (κ1) is 17.0. The van der Waals surface area contributed by atoms with Gasteiger partial charge in [0, 0.05) is 35.0 Å². The number of rotatable bonds is 3. The number of hydrogen-bond donors (Lipinski definition) is 2. The van der Waals surface area contributed by atoms with Gasteiger partial charge in [-0.05, 0) is 18.6 Å². The molecule has 0 saturated heterocycles.